The molecule has 0 rings (SSSR count). The van der Waals surface area contributed by atoms with E-state index in [9.17, 15) is 0 Å². The van der Waals surface area contributed by atoms with Crippen LogP contribution in [0.3, 0.4) is 0 Å². The van der Waals surface area contributed by atoms with Gasteiger partial charge in [-0.25, -0.2) is 0 Å². The Bertz CT molecular complexity index is 24.7. The second-order valence-corrected chi connectivity index (χ2v) is 1.40. The summed E-state index contributed by atoms with van der Waals surface area (Å²) in [5.74, 6) is 0. The maximum Gasteiger partial charge on any atom is 0.0160 e. The van der Waals surface area contributed by atoms with Gasteiger partial charge in [-0.05, 0) is 6.42 Å². The SMILES string of the molecule is CCC([15NH2])C[15NH2]. The Morgan fingerprint density at radius 1 is 1.67 bits per heavy atom. The molecular formula is C4H12N2. The fourth-order valence-corrected chi connectivity index (χ4v) is 0.167. The predicted octanol–water partition coefficient (Wildman–Crippen LogP) is -0.318. The molecule has 1 unspecified atom stereocenters. The van der Waals surface area contributed by atoms with E-state index in [4.69, 9.17) is 11.5 Å². The molecule has 0 radical (unpaired) electrons. The van der Waals surface area contributed by atoms with Crippen LogP contribution in [0, 0.1) is 0 Å². The number of hydrogen-bond acceptors (Lipinski definition) is 2. The summed E-state index contributed by atoms with van der Waals surface area (Å²) in [6.07, 6.45) is 0.983. The molecular weight excluding hydrogens is 78.0 g/mol. The summed E-state index contributed by atoms with van der Waals surface area (Å²) >= 11 is 0. The van der Waals surface area contributed by atoms with Gasteiger partial charge in [0.2, 0.25) is 0 Å². The third kappa shape index (κ3) is 2.18. The lowest BCUT2D eigenvalue weighted by Gasteiger charge is -1.99. The first kappa shape index (κ1) is 5.92. The van der Waals surface area contributed by atoms with Gasteiger partial charge in [0, 0.05) is 12.6 Å². The van der Waals surface area contributed by atoms with Crippen LogP contribution in [-0.2, 0) is 0 Å². The maximum atomic E-state index is 5.35. The van der Waals surface area contributed by atoms with Crippen LogP contribution in [0.4, 0.5) is 0 Å². The summed E-state index contributed by atoms with van der Waals surface area (Å²) in [6, 6.07) is 0.213. The van der Waals surface area contributed by atoms with E-state index in [1.165, 1.54) is 0 Å². The summed E-state index contributed by atoms with van der Waals surface area (Å²) in [6.45, 7) is 2.63. The first-order valence-corrected chi connectivity index (χ1v) is 2.27. The van der Waals surface area contributed by atoms with E-state index in [2.05, 4.69) is 0 Å². The minimum atomic E-state index is 0.213. The lowest BCUT2D eigenvalue weighted by atomic mass is 10.3. The highest BCUT2D eigenvalue weighted by Crippen LogP contribution is 1.77. The van der Waals surface area contributed by atoms with Gasteiger partial charge in [0.15, 0.2) is 0 Å². The van der Waals surface area contributed by atoms with Gasteiger partial charge in [0.25, 0.3) is 0 Å². The van der Waals surface area contributed by atoms with Crippen molar-refractivity contribution in [1.29, 1.82) is 0 Å². The number of hydrogen-bond donors (Lipinski definition) is 2. The standard InChI is InChI=1S/C4H12N2/c1-2-4(6)3-5/h4H,2-3,5-6H2,1H3/i5+1,6+1. The molecule has 0 heterocycles. The van der Waals surface area contributed by atoms with E-state index in [1.54, 1.807) is 0 Å². The zero-order chi connectivity index (χ0) is 4.99. The first-order chi connectivity index (χ1) is 2.81. The quantitative estimate of drug-likeness (QED) is 0.457. The normalized spacial score (nSPS) is 14.5. The van der Waals surface area contributed by atoms with E-state index in [-0.39, 0.29) is 6.04 Å². The minimum Gasteiger partial charge on any atom is -0.329 e. The Labute approximate surface area is 38.5 Å². The molecule has 0 spiro atoms. The predicted molar refractivity (Wildman–Crippen MR) is 27.3 cm³/mol. The van der Waals surface area contributed by atoms with Crippen LogP contribution in [0.5, 0.6) is 0 Å². The molecule has 0 saturated carbocycles. The lowest BCUT2D eigenvalue weighted by molar-refractivity contribution is 0.660. The Morgan fingerprint density at radius 2 is 2.17 bits per heavy atom. The van der Waals surface area contributed by atoms with Crippen molar-refractivity contribution in [3.63, 3.8) is 0 Å². The van der Waals surface area contributed by atoms with Gasteiger partial charge < -0.3 is 11.5 Å². The van der Waals surface area contributed by atoms with Crippen LogP contribution in [0.25, 0.3) is 0 Å². The summed E-state index contributed by atoms with van der Waals surface area (Å²) in [5, 5.41) is 0. The molecule has 38 valence electrons. The number of nitrogens with two attached hydrogens (primary N) is 2. The second-order valence-electron chi connectivity index (χ2n) is 1.40. The lowest BCUT2D eigenvalue weighted by Crippen LogP contribution is -2.28. The molecule has 2 nitrogen and oxygen atoms in total. The third-order valence-electron chi connectivity index (χ3n) is 0.827. The van der Waals surface area contributed by atoms with Crippen LogP contribution in [0.2, 0.25) is 0 Å². The second kappa shape index (κ2) is 3.12. The molecule has 0 fully saturated rings. The van der Waals surface area contributed by atoms with Gasteiger partial charge >= 0.3 is 0 Å². The molecule has 4 N–H and O–H groups in total. The molecule has 0 aliphatic rings. The van der Waals surface area contributed by atoms with E-state index in [0.717, 1.165) is 6.42 Å². The van der Waals surface area contributed by atoms with Gasteiger partial charge in [-0.15, -0.1) is 0 Å². The van der Waals surface area contributed by atoms with Crippen LogP contribution in [0.15, 0.2) is 0 Å². The fraction of sp³-hybridized carbons (Fsp3) is 1.00. The summed E-state index contributed by atoms with van der Waals surface area (Å²) < 4.78 is 0. The number of rotatable bonds is 2. The van der Waals surface area contributed by atoms with E-state index in [0.29, 0.717) is 6.54 Å². The smallest absolute Gasteiger partial charge is 0.0160 e. The Kier molecular flexibility index (Phi) is 3.08. The topological polar surface area (TPSA) is 52.0 Å². The highest BCUT2D eigenvalue weighted by Gasteiger charge is 1.88. The van der Waals surface area contributed by atoms with Crippen molar-refractivity contribution < 1.29 is 0 Å². The van der Waals surface area contributed by atoms with E-state index < -0.39 is 0 Å². The van der Waals surface area contributed by atoms with E-state index in [1.807, 2.05) is 6.92 Å². The molecule has 0 aromatic rings. The zero-order valence-electron chi connectivity index (χ0n) is 4.15. The first-order valence-electron chi connectivity index (χ1n) is 2.27. The third-order valence-corrected chi connectivity index (χ3v) is 0.827. The van der Waals surface area contributed by atoms with Crippen molar-refractivity contribution in [2.24, 2.45) is 11.5 Å². The van der Waals surface area contributed by atoms with Gasteiger partial charge in [-0.2, -0.15) is 0 Å². The largest absolute Gasteiger partial charge is 0.329 e. The molecule has 0 bridgehead atoms. The monoisotopic (exact) mass is 90.1 g/mol. The molecule has 0 aromatic carbocycles. The van der Waals surface area contributed by atoms with Gasteiger partial charge in [0.05, 0.1) is 0 Å². The molecule has 1 atom stereocenters. The van der Waals surface area contributed by atoms with E-state index >= 15 is 0 Å². The molecule has 6 heavy (non-hydrogen) atoms. The van der Waals surface area contributed by atoms with Crippen LogP contribution in [0.1, 0.15) is 13.3 Å². The average Bonchev–Trinajstić information content (AvgIpc) is 1.65. The Hall–Kier alpha value is -0.0800. The van der Waals surface area contributed by atoms with Crippen molar-refractivity contribution in [2.45, 2.75) is 19.4 Å². The molecule has 2 heteroatoms. The van der Waals surface area contributed by atoms with Crippen molar-refractivity contribution in [3.8, 4) is 0 Å². The summed E-state index contributed by atoms with van der Waals surface area (Å²) in [7, 11) is 0. The van der Waals surface area contributed by atoms with Crippen molar-refractivity contribution >= 4 is 0 Å². The maximum absolute atomic E-state index is 5.35. The molecule has 0 saturated heterocycles. The highest BCUT2D eigenvalue weighted by atomic mass is 15.4. The van der Waals surface area contributed by atoms with Gasteiger partial charge in [-0.3, -0.25) is 0 Å². The highest BCUT2D eigenvalue weighted by molar-refractivity contribution is 4.55. The summed E-state index contributed by atoms with van der Waals surface area (Å²) in [4.78, 5) is 0. The fourth-order valence-electron chi connectivity index (χ4n) is 0.167. The van der Waals surface area contributed by atoms with Crippen molar-refractivity contribution in [1.82, 2.24) is 0 Å². The minimum absolute atomic E-state index is 0.213. The van der Waals surface area contributed by atoms with Crippen molar-refractivity contribution in [2.75, 3.05) is 6.54 Å². The molecule has 0 aliphatic carbocycles. The zero-order valence-corrected chi connectivity index (χ0v) is 4.15. The Morgan fingerprint density at radius 3 is 2.17 bits per heavy atom. The van der Waals surface area contributed by atoms with Crippen LogP contribution in [-0.4, -0.2) is 12.6 Å². The van der Waals surface area contributed by atoms with Crippen LogP contribution >= 0.6 is 0 Å². The molecule has 0 aromatic heterocycles. The average molecular weight is 90.1 g/mol. The Balaban J connectivity index is 2.75. The van der Waals surface area contributed by atoms with Crippen LogP contribution < -0.4 is 11.5 Å². The molecule has 0 aliphatic heterocycles. The van der Waals surface area contributed by atoms with Gasteiger partial charge in [-0.1, -0.05) is 6.92 Å². The summed E-state index contributed by atoms with van der Waals surface area (Å²) in [5.41, 5.74) is 10.5. The van der Waals surface area contributed by atoms with Crippen molar-refractivity contribution in [3.05, 3.63) is 0 Å². The molecule has 0 amide bonds. The van der Waals surface area contributed by atoms with Gasteiger partial charge in [0.1, 0.15) is 0 Å².